The average Bonchev–Trinajstić information content (AvgIpc) is 3.30. The first-order valence-electron chi connectivity index (χ1n) is 7.63. The highest BCUT2D eigenvalue weighted by atomic mass is 32.1. The second-order valence-electron chi connectivity index (χ2n) is 5.17. The van der Waals surface area contributed by atoms with Crippen molar-refractivity contribution < 1.29 is 14.3 Å². The SMILES string of the molecule is CCOC(=O)c1sc(NC(=O)Cn2nnn(-c3cccs3)c2=O)cc1C. The third kappa shape index (κ3) is 3.73. The maximum absolute atomic E-state index is 12.2. The summed E-state index contributed by atoms with van der Waals surface area (Å²) >= 11 is 2.46. The van der Waals surface area contributed by atoms with Crippen LogP contribution in [-0.2, 0) is 16.1 Å². The summed E-state index contributed by atoms with van der Waals surface area (Å²) in [5, 5.41) is 13.1. The van der Waals surface area contributed by atoms with Gasteiger partial charge >= 0.3 is 11.7 Å². The van der Waals surface area contributed by atoms with Crippen LogP contribution in [0.2, 0.25) is 0 Å². The van der Waals surface area contributed by atoms with Crippen molar-refractivity contribution in [3.63, 3.8) is 0 Å². The molecule has 1 amide bonds. The van der Waals surface area contributed by atoms with Crippen LogP contribution < -0.4 is 11.0 Å². The molecule has 0 fully saturated rings. The van der Waals surface area contributed by atoms with E-state index < -0.39 is 17.6 Å². The van der Waals surface area contributed by atoms with Crippen LogP contribution in [-0.4, -0.2) is 38.3 Å². The molecule has 9 nitrogen and oxygen atoms in total. The molecule has 0 aliphatic carbocycles. The van der Waals surface area contributed by atoms with Crippen molar-refractivity contribution in [3.05, 3.63) is 44.5 Å². The van der Waals surface area contributed by atoms with E-state index in [1.54, 1.807) is 32.0 Å². The van der Waals surface area contributed by atoms with Crippen LogP contribution in [0.25, 0.3) is 5.00 Å². The summed E-state index contributed by atoms with van der Waals surface area (Å²) < 4.78 is 7.07. The summed E-state index contributed by atoms with van der Waals surface area (Å²) in [5.41, 5.74) is 0.210. The number of carbonyl (C=O) groups is 2. The number of nitrogens with zero attached hydrogens (tertiary/aromatic N) is 4. The van der Waals surface area contributed by atoms with Gasteiger partial charge in [0, 0.05) is 0 Å². The summed E-state index contributed by atoms with van der Waals surface area (Å²) in [6.45, 7) is 3.48. The number of carbonyl (C=O) groups excluding carboxylic acids is 2. The number of thiophene rings is 2. The van der Waals surface area contributed by atoms with Gasteiger partial charge in [0.25, 0.3) is 0 Å². The molecule has 0 atom stereocenters. The van der Waals surface area contributed by atoms with E-state index in [4.69, 9.17) is 4.74 Å². The Bertz CT molecular complexity index is 986. The second-order valence-corrected chi connectivity index (χ2v) is 7.15. The van der Waals surface area contributed by atoms with E-state index in [9.17, 15) is 14.4 Å². The molecule has 3 aromatic rings. The van der Waals surface area contributed by atoms with E-state index in [2.05, 4.69) is 15.7 Å². The average molecular weight is 393 g/mol. The highest BCUT2D eigenvalue weighted by Gasteiger charge is 2.17. The zero-order valence-corrected chi connectivity index (χ0v) is 15.6. The summed E-state index contributed by atoms with van der Waals surface area (Å²) in [7, 11) is 0. The third-order valence-electron chi connectivity index (χ3n) is 3.29. The van der Waals surface area contributed by atoms with Gasteiger partial charge in [0.1, 0.15) is 16.4 Å². The van der Waals surface area contributed by atoms with Gasteiger partial charge in [-0.25, -0.2) is 9.59 Å². The molecule has 11 heteroatoms. The van der Waals surface area contributed by atoms with Crippen LogP contribution in [0.15, 0.2) is 28.4 Å². The predicted octanol–water partition coefficient (Wildman–Crippen LogP) is 1.68. The van der Waals surface area contributed by atoms with Gasteiger partial charge in [-0.15, -0.1) is 22.7 Å². The minimum atomic E-state index is -0.503. The second kappa shape index (κ2) is 7.62. The Morgan fingerprint density at radius 1 is 1.35 bits per heavy atom. The largest absolute Gasteiger partial charge is 0.462 e. The molecule has 0 saturated carbocycles. The Labute approximate surface area is 155 Å². The number of esters is 1. The summed E-state index contributed by atoms with van der Waals surface area (Å²) in [5.74, 6) is -0.868. The van der Waals surface area contributed by atoms with Crippen LogP contribution in [0.3, 0.4) is 0 Å². The van der Waals surface area contributed by atoms with Gasteiger partial charge in [-0.3, -0.25) is 4.79 Å². The number of tetrazole rings is 1. The highest BCUT2D eigenvalue weighted by molar-refractivity contribution is 7.18. The molecule has 3 aromatic heterocycles. The molecule has 3 heterocycles. The quantitative estimate of drug-likeness (QED) is 0.638. The topological polar surface area (TPSA) is 108 Å². The Morgan fingerprint density at radius 2 is 2.15 bits per heavy atom. The van der Waals surface area contributed by atoms with Crippen LogP contribution in [0, 0.1) is 6.92 Å². The maximum Gasteiger partial charge on any atom is 0.369 e. The van der Waals surface area contributed by atoms with E-state index in [1.807, 2.05) is 5.38 Å². The number of aryl methyl sites for hydroxylation is 1. The van der Waals surface area contributed by atoms with Crippen LogP contribution in [0.5, 0.6) is 0 Å². The van der Waals surface area contributed by atoms with E-state index in [-0.39, 0.29) is 13.2 Å². The Balaban J connectivity index is 1.69. The lowest BCUT2D eigenvalue weighted by atomic mass is 10.3. The molecule has 0 bridgehead atoms. The molecule has 0 saturated heterocycles. The van der Waals surface area contributed by atoms with Crippen molar-refractivity contribution in [1.29, 1.82) is 0 Å². The van der Waals surface area contributed by atoms with Crippen molar-refractivity contribution in [2.45, 2.75) is 20.4 Å². The van der Waals surface area contributed by atoms with Crippen molar-refractivity contribution in [2.24, 2.45) is 0 Å². The van der Waals surface area contributed by atoms with Crippen molar-refractivity contribution >= 4 is 39.6 Å². The molecule has 0 radical (unpaired) electrons. The lowest BCUT2D eigenvalue weighted by Gasteiger charge is -2.01. The van der Waals surface area contributed by atoms with Crippen molar-refractivity contribution in [3.8, 4) is 5.00 Å². The van der Waals surface area contributed by atoms with Crippen LogP contribution in [0.4, 0.5) is 5.00 Å². The molecule has 0 spiro atoms. The lowest BCUT2D eigenvalue weighted by molar-refractivity contribution is -0.117. The van der Waals surface area contributed by atoms with Crippen LogP contribution >= 0.6 is 22.7 Å². The van der Waals surface area contributed by atoms with Gasteiger partial charge in [-0.2, -0.15) is 9.36 Å². The first kappa shape index (κ1) is 18.0. The fraction of sp³-hybridized carbons (Fsp3) is 0.267. The van der Waals surface area contributed by atoms with Gasteiger partial charge in [-0.05, 0) is 53.4 Å². The van der Waals surface area contributed by atoms with Gasteiger partial charge in [0.05, 0.1) is 11.6 Å². The van der Waals surface area contributed by atoms with Gasteiger partial charge in [-0.1, -0.05) is 0 Å². The molecular formula is C15H15N5O4S2. The number of ether oxygens (including phenoxy) is 1. The number of amides is 1. The summed E-state index contributed by atoms with van der Waals surface area (Å²) in [4.78, 5) is 36.7. The number of aromatic nitrogens is 4. The normalized spacial score (nSPS) is 10.7. The zero-order chi connectivity index (χ0) is 18.7. The van der Waals surface area contributed by atoms with Crippen LogP contribution in [0.1, 0.15) is 22.2 Å². The molecule has 136 valence electrons. The summed E-state index contributed by atoms with van der Waals surface area (Å²) in [6, 6.07) is 5.20. The maximum atomic E-state index is 12.2. The molecule has 0 aromatic carbocycles. The Hall–Kier alpha value is -2.79. The first-order chi connectivity index (χ1) is 12.5. The minimum absolute atomic E-state index is 0.278. The fourth-order valence-electron chi connectivity index (χ4n) is 2.16. The van der Waals surface area contributed by atoms with E-state index in [0.717, 1.165) is 20.7 Å². The number of hydrogen-bond donors (Lipinski definition) is 1. The minimum Gasteiger partial charge on any atom is -0.462 e. The third-order valence-corrected chi connectivity index (χ3v) is 5.27. The molecular weight excluding hydrogens is 378 g/mol. The highest BCUT2D eigenvalue weighted by Crippen LogP contribution is 2.27. The smallest absolute Gasteiger partial charge is 0.369 e. The predicted molar refractivity (Wildman–Crippen MR) is 97.1 cm³/mol. The van der Waals surface area contributed by atoms with E-state index in [0.29, 0.717) is 20.4 Å². The molecule has 0 unspecified atom stereocenters. The standard InChI is InChI=1S/C15H15N5O4S2/c1-3-24-14(22)13-9(2)7-11(26-13)16-10(21)8-19-15(23)20(18-17-19)12-5-4-6-25-12/h4-7H,3,8H2,1-2H3,(H,16,21). The number of rotatable bonds is 6. The molecule has 1 N–H and O–H groups in total. The Morgan fingerprint density at radius 3 is 2.85 bits per heavy atom. The molecule has 0 aliphatic heterocycles. The molecule has 26 heavy (non-hydrogen) atoms. The van der Waals surface area contributed by atoms with Crippen molar-refractivity contribution in [1.82, 2.24) is 19.8 Å². The monoisotopic (exact) mass is 393 g/mol. The molecule has 3 rings (SSSR count). The number of hydrogen-bond acceptors (Lipinski definition) is 8. The lowest BCUT2D eigenvalue weighted by Crippen LogP contribution is -2.29. The Kier molecular flexibility index (Phi) is 5.28. The summed E-state index contributed by atoms with van der Waals surface area (Å²) in [6.07, 6.45) is 0. The fourth-order valence-corrected chi connectivity index (χ4v) is 3.81. The van der Waals surface area contributed by atoms with Gasteiger partial charge < -0.3 is 10.1 Å². The van der Waals surface area contributed by atoms with E-state index >= 15 is 0 Å². The van der Waals surface area contributed by atoms with Gasteiger partial charge in [0.15, 0.2) is 0 Å². The van der Waals surface area contributed by atoms with Crippen molar-refractivity contribution in [2.75, 3.05) is 11.9 Å². The van der Waals surface area contributed by atoms with Gasteiger partial charge in [0.2, 0.25) is 5.91 Å². The van der Waals surface area contributed by atoms with E-state index in [1.165, 1.54) is 11.3 Å². The number of anilines is 1. The zero-order valence-electron chi connectivity index (χ0n) is 14.0. The number of nitrogens with one attached hydrogen (secondary N) is 1. The first-order valence-corrected chi connectivity index (χ1v) is 9.33. The molecule has 0 aliphatic rings.